The fourth-order valence-corrected chi connectivity index (χ4v) is 2.89. The van der Waals surface area contributed by atoms with Crippen LogP contribution in [0.25, 0.3) is 21.7 Å². The fourth-order valence-electron chi connectivity index (χ4n) is 2.89. The second kappa shape index (κ2) is 5.98. The Bertz CT molecular complexity index is 1120. The number of hydrogen-bond acceptors (Lipinski definition) is 3. The van der Waals surface area contributed by atoms with Gasteiger partial charge >= 0.3 is 5.97 Å². The molecule has 0 fully saturated rings. The molecule has 0 saturated carbocycles. The van der Waals surface area contributed by atoms with Gasteiger partial charge in [-0.2, -0.15) is 0 Å². The van der Waals surface area contributed by atoms with E-state index in [1.807, 2.05) is 36.4 Å². The van der Waals surface area contributed by atoms with Gasteiger partial charge in [-0.25, -0.2) is 9.18 Å². The summed E-state index contributed by atoms with van der Waals surface area (Å²) in [5.41, 5.74) is 1.53. The third kappa shape index (κ3) is 2.94. The van der Waals surface area contributed by atoms with Gasteiger partial charge in [-0.05, 0) is 54.1 Å². The third-order valence-electron chi connectivity index (χ3n) is 4.05. The number of carbonyl (C=O) groups excluding carboxylic acids is 1. The summed E-state index contributed by atoms with van der Waals surface area (Å²) in [5, 5.41) is 2.49. The Kier molecular flexibility index (Phi) is 3.65. The van der Waals surface area contributed by atoms with Gasteiger partial charge in [0.2, 0.25) is 0 Å². The highest BCUT2D eigenvalue weighted by Gasteiger charge is 2.15. The lowest BCUT2D eigenvalue weighted by atomic mass is 10.1. The van der Waals surface area contributed by atoms with Crippen LogP contribution in [0.5, 0.6) is 5.75 Å². The van der Waals surface area contributed by atoms with Crippen molar-refractivity contribution in [1.29, 1.82) is 0 Å². The third-order valence-corrected chi connectivity index (χ3v) is 4.05. The molecule has 25 heavy (non-hydrogen) atoms. The average Bonchev–Trinajstić information content (AvgIpc) is 2.61. The highest BCUT2D eigenvalue weighted by atomic mass is 19.1. The van der Waals surface area contributed by atoms with E-state index in [9.17, 15) is 9.18 Å². The number of pyridine rings is 1. The first-order valence-corrected chi connectivity index (χ1v) is 7.88. The summed E-state index contributed by atoms with van der Waals surface area (Å²) in [6.07, 6.45) is 0. The molecule has 0 aliphatic carbocycles. The quantitative estimate of drug-likeness (QED) is 0.381. The lowest BCUT2D eigenvalue weighted by molar-refractivity contribution is 0.0737. The maximum Gasteiger partial charge on any atom is 0.344 e. The number of rotatable bonds is 2. The molecule has 0 aliphatic heterocycles. The number of aromatic nitrogens is 1. The van der Waals surface area contributed by atoms with Gasteiger partial charge in [0, 0.05) is 11.1 Å². The van der Waals surface area contributed by atoms with Crippen molar-refractivity contribution in [3.05, 3.63) is 83.8 Å². The van der Waals surface area contributed by atoms with Crippen LogP contribution in [0.3, 0.4) is 0 Å². The van der Waals surface area contributed by atoms with Gasteiger partial charge in [-0.1, -0.05) is 30.3 Å². The lowest BCUT2D eigenvalue weighted by Crippen LogP contribution is -2.10. The molecule has 0 saturated heterocycles. The molecule has 3 nitrogen and oxygen atoms in total. The molecule has 0 atom stereocenters. The zero-order valence-electron chi connectivity index (χ0n) is 13.5. The molecule has 0 radical (unpaired) electrons. The van der Waals surface area contributed by atoms with E-state index in [1.54, 1.807) is 25.1 Å². The molecule has 3 aromatic carbocycles. The molecule has 0 N–H and O–H groups in total. The Hall–Kier alpha value is -3.27. The number of aryl methyl sites for hydroxylation is 1. The smallest absolute Gasteiger partial charge is 0.344 e. The van der Waals surface area contributed by atoms with Crippen LogP contribution in [0.2, 0.25) is 0 Å². The molecule has 0 bridgehead atoms. The van der Waals surface area contributed by atoms with Crippen molar-refractivity contribution in [3.8, 4) is 5.75 Å². The van der Waals surface area contributed by atoms with Crippen LogP contribution in [-0.2, 0) is 0 Å². The minimum Gasteiger partial charge on any atom is -0.423 e. The second-order valence-corrected chi connectivity index (χ2v) is 5.87. The molecule has 4 heteroatoms. The van der Waals surface area contributed by atoms with Crippen LogP contribution >= 0.6 is 0 Å². The summed E-state index contributed by atoms with van der Waals surface area (Å²) >= 11 is 0. The highest BCUT2D eigenvalue weighted by Crippen LogP contribution is 2.24. The number of benzene rings is 3. The number of hydrogen-bond donors (Lipinski definition) is 0. The maximum absolute atomic E-state index is 13.6. The highest BCUT2D eigenvalue weighted by molar-refractivity contribution is 6.04. The first-order valence-electron chi connectivity index (χ1n) is 7.88. The van der Waals surface area contributed by atoms with E-state index < -0.39 is 11.8 Å². The predicted molar refractivity (Wildman–Crippen MR) is 95.3 cm³/mol. The average molecular weight is 331 g/mol. The van der Waals surface area contributed by atoms with E-state index in [-0.39, 0.29) is 0 Å². The minimum atomic E-state index is -0.531. The molecule has 0 spiro atoms. The van der Waals surface area contributed by atoms with E-state index >= 15 is 0 Å². The number of halogens is 1. The summed E-state index contributed by atoms with van der Waals surface area (Å²) < 4.78 is 19.1. The number of esters is 1. The van der Waals surface area contributed by atoms with Crippen LogP contribution < -0.4 is 4.74 Å². The molecule has 0 aliphatic rings. The molecule has 4 aromatic rings. The Morgan fingerprint density at radius 3 is 2.60 bits per heavy atom. The number of nitrogens with zero attached hydrogens (tertiary/aromatic N) is 1. The zero-order valence-corrected chi connectivity index (χ0v) is 13.5. The van der Waals surface area contributed by atoms with Crippen LogP contribution in [0.15, 0.2) is 66.7 Å². The normalized spacial score (nSPS) is 11.0. The van der Waals surface area contributed by atoms with Crippen molar-refractivity contribution in [1.82, 2.24) is 4.98 Å². The summed E-state index contributed by atoms with van der Waals surface area (Å²) in [5.74, 6) is -0.503. The molecular weight excluding hydrogens is 317 g/mol. The van der Waals surface area contributed by atoms with Gasteiger partial charge in [0.05, 0.1) is 11.1 Å². The topological polar surface area (TPSA) is 39.2 Å². The second-order valence-electron chi connectivity index (χ2n) is 5.87. The van der Waals surface area contributed by atoms with Gasteiger partial charge in [0.15, 0.2) is 0 Å². The molecule has 122 valence electrons. The predicted octanol–water partition coefficient (Wildman–Crippen LogP) is 5.05. The molecule has 1 aromatic heterocycles. The van der Waals surface area contributed by atoms with E-state index in [1.165, 1.54) is 12.1 Å². The Labute approximate surface area is 143 Å². The first-order chi connectivity index (χ1) is 12.1. The van der Waals surface area contributed by atoms with Crippen LogP contribution in [0.1, 0.15) is 16.1 Å². The van der Waals surface area contributed by atoms with Crippen molar-refractivity contribution < 1.29 is 13.9 Å². The van der Waals surface area contributed by atoms with Gasteiger partial charge in [0.25, 0.3) is 0 Å². The molecule has 0 amide bonds. The summed E-state index contributed by atoms with van der Waals surface area (Å²) in [4.78, 5) is 17.0. The van der Waals surface area contributed by atoms with E-state index in [2.05, 4.69) is 4.98 Å². The maximum atomic E-state index is 13.6. The Morgan fingerprint density at radius 2 is 1.76 bits per heavy atom. The summed E-state index contributed by atoms with van der Waals surface area (Å²) in [7, 11) is 0. The number of fused-ring (bicyclic) bond motifs is 2. The van der Waals surface area contributed by atoms with Gasteiger partial charge in [-0.15, -0.1) is 0 Å². The Balaban J connectivity index is 1.75. The standard InChI is InChI=1S/C21H14FNO2/c1-13-10-19(18-12-16(22)7-9-20(18)23-13)21(24)25-17-8-6-14-4-2-3-5-15(14)11-17/h2-12H,1H3. The van der Waals surface area contributed by atoms with E-state index in [4.69, 9.17) is 4.74 Å². The van der Waals surface area contributed by atoms with Crippen molar-refractivity contribution >= 4 is 27.6 Å². The number of ether oxygens (including phenoxy) is 1. The van der Waals surface area contributed by atoms with Crippen LogP contribution in [0, 0.1) is 12.7 Å². The van der Waals surface area contributed by atoms with Gasteiger partial charge in [0.1, 0.15) is 11.6 Å². The molecule has 0 unspecified atom stereocenters. The van der Waals surface area contributed by atoms with Crippen molar-refractivity contribution in [3.63, 3.8) is 0 Å². The number of carbonyl (C=O) groups is 1. The van der Waals surface area contributed by atoms with Gasteiger partial charge in [-0.3, -0.25) is 4.98 Å². The monoisotopic (exact) mass is 331 g/mol. The van der Waals surface area contributed by atoms with Crippen LogP contribution in [0.4, 0.5) is 4.39 Å². The van der Waals surface area contributed by atoms with E-state index in [0.29, 0.717) is 27.9 Å². The van der Waals surface area contributed by atoms with Gasteiger partial charge < -0.3 is 4.74 Å². The van der Waals surface area contributed by atoms with Crippen LogP contribution in [-0.4, -0.2) is 11.0 Å². The van der Waals surface area contributed by atoms with Crippen molar-refractivity contribution in [2.75, 3.05) is 0 Å². The van der Waals surface area contributed by atoms with Crippen molar-refractivity contribution in [2.45, 2.75) is 6.92 Å². The SMILES string of the molecule is Cc1cc(C(=O)Oc2ccc3ccccc3c2)c2cc(F)ccc2n1. The lowest BCUT2D eigenvalue weighted by Gasteiger charge is -2.09. The molecule has 4 rings (SSSR count). The Morgan fingerprint density at radius 1 is 0.960 bits per heavy atom. The minimum absolute atomic E-state index is 0.301. The molecule has 1 heterocycles. The summed E-state index contributed by atoms with van der Waals surface area (Å²) in [6.45, 7) is 1.79. The largest absolute Gasteiger partial charge is 0.423 e. The van der Waals surface area contributed by atoms with Crippen molar-refractivity contribution in [2.24, 2.45) is 0 Å². The zero-order chi connectivity index (χ0) is 17.4. The summed E-state index contributed by atoms with van der Waals surface area (Å²) in [6, 6.07) is 19.1. The first kappa shape index (κ1) is 15.3. The van der Waals surface area contributed by atoms with E-state index in [0.717, 1.165) is 10.8 Å². The molecular formula is C21H14FNO2. The fraction of sp³-hybridized carbons (Fsp3) is 0.0476.